The van der Waals surface area contributed by atoms with Crippen molar-refractivity contribution in [2.45, 2.75) is 33.1 Å². The molecule has 0 spiro atoms. The predicted molar refractivity (Wildman–Crippen MR) is 79.5 cm³/mol. The molecule has 1 saturated heterocycles. The van der Waals surface area contributed by atoms with Crippen LogP contribution in [0.4, 0.5) is 5.69 Å². The van der Waals surface area contributed by atoms with Crippen molar-refractivity contribution in [3.8, 4) is 0 Å². The molecule has 0 aromatic heterocycles. The third-order valence-electron chi connectivity index (χ3n) is 3.92. The predicted octanol–water partition coefficient (Wildman–Crippen LogP) is 3.13. The molecule has 1 aromatic rings. The van der Waals surface area contributed by atoms with Gasteiger partial charge in [0.25, 0.3) is 0 Å². The third-order valence-corrected chi connectivity index (χ3v) is 3.92. The van der Waals surface area contributed by atoms with Crippen LogP contribution in [0.2, 0.25) is 0 Å². The van der Waals surface area contributed by atoms with Gasteiger partial charge in [0, 0.05) is 31.9 Å². The summed E-state index contributed by atoms with van der Waals surface area (Å²) in [6.07, 6.45) is 0. The molecule has 0 atom stereocenters. The van der Waals surface area contributed by atoms with Crippen LogP contribution in [0.5, 0.6) is 0 Å². The molecule has 0 saturated carbocycles. The van der Waals surface area contributed by atoms with E-state index in [0.717, 1.165) is 13.1 Å². The minimum Gasteiger partial charge on any atom is -0.369 e. The molecule has 2 heteroatoms. The summed E-state index contributed by atoms with van der Waals surface area (Å²) in [6, 6.07) is 9.12. The van der Waals surface area contributed by atoms with Crippen LogP contribution in [-0.2, 0) is 5.41 Å². The third kappa shape index (κ3) is 3.05. The second-order valence-electron chi connectivity index (χ2n) is 6.22. The fraction of sp³-hybridized carbons (Fsp3) is 0.625. The number of rotatable bonds is 2. The second-order valence-corrected chi connectivity index (χ2v) is 6.22. The lowest BCUT2D eigenvalue weighted by Gasteiger charge is -2.35. The first-order valence-corrected chi connectivity index (χ1v) is 7.08. The molecular weight excluding hydrogens is 220 g/mol. The summed E-state index contributed by atoms with van der Waals surface area (Å²) in [6.45, 7) is 14.9. The minimum absolute atomic E-state index is 0.249. The first-order chi connectivity index (χ1) is 8.50. The van der Waals surface area contributed by atoms with E-state index in [9.17, 15) is 0 Å². The van der Waals surface area contributed by atoms with Crippen molar-refractivity contribution in [1.82, 2.24) is 4.90 Å². The molecule has 0 N–H and O–H groups in total. The van der Waals surface area contributed by atoms with Gasteiger partial charge in [0.05, 0.1) is 0 Å². The lowest BCUT2D eigenvalue weighted by atomic mass is 9.87. The van der Waals surface area contributed by atoms with E-state index in [4.69, 9.17) is 0 Å². The molecule has 0 amide bonds. The Morgan fingerprint density at radius 1 is 0.944 bits per heavy atom. The highest BCUT2D eigenvalue weighted by atomic mass is 15.3. The highest BCUT2D eigenvalue weighted by Gasteiger charge is 2.17. The van der Waals surface area contributed by atoms with Crippen LogP contribution in [0.1, 0.15) is 33.3 Å². The Hall–Kier alpha value is -1.02. The van der Waals surface area contributed by atoms with E-state index in [1.165, 1.54) is 30.9 Å². The Kier molecular flexibility index (Phi) is 3.96. The Morgan fingerprint density at radius 2 is 1.50 bits per heavy atom. The van der Waals surface area contributed by atoms with Crippen LogP contribution in [0.25, 0.3) is 0 Å². The number of hydrogen-bond acceptors (Lipinski definition) is 2. The number of anilines is 1. The number of nitrogens with zero attached hydrogens (tertiary/aromatic N) is 2. The Bertz CT molecular complexity index is 367. The number of benzene rings is 1. The summed E-state index contributed by atoms with van der Waals surface area (Å²) < 4.78 is 0. The highest BCUT2D eigenvalue weighted by molar-refractivity contribution is 5.49. The van der Waals surface area contributed by atoms with Gasteiger partial charge in [0.15, 0.2) is 0 Å². The minimum atomic E-state index is 0.249. The number of likely N-dealkylation sites (N-methyl/N-ethyl adjacent to an activating group) is 1. The molecule has 0 aliphatic carbocycles. The van der Waals surface area contributed by atoms with E-state index in [-0.39, 0.29) is 5.41 Å². The Morgan fingerprint density at radius 3 is 1.94 bits per heavy atom. The average Bonchev–Trinajstić information content (AvgIpc) is 2.38. The van der Waals surface area contributed by atoms with Crippen LogP contribution in [0.15, 0.2) is 24.3 Å². The van der Waals surface area contributed by atoms with Gasteiger partial charge >= 0.3 is 0 Å². The van der Waals surface area contributed by atoms with Gasteiger partial charge in [-0.05, 0) is 29.7 Å². The standard InChI is InChI=1S/C16H26N2/c1-5-17-10-12-18(13-11-17)15-8-6-14(7-9-15)16(2,3)4/h6-9H,5,10-13H2,1-4H3. The molecule has 18 heavy (non-hydrogen) atoms. The SMILES string of the molecule is CCN1CCN(c2ccc(C(C)(C)C)cc2)CC1. The maximum Gasteiger partial charge on any atom is 0.0367 e. The normalized spacial score (nSPS) is 18.1. The second kappa shape index (κ2) is 5.31. The van der Waals surface area contributed by atoms with Gasteiger partial charge in [-0.1, -0.05) is 39.8 Å². The van der Waals surface area contributed by atoms with Crippen molar-refractivity contribution in [3.63, 3.8) is 0 Å². The van der Waals surface area contributed by atoms with Crippen LogP contribution in [-0.4, -0.2) is 37.6 Å². The van der Waals surface area contributed by atoms with Gasteiger partial charge in [-0.25, -0.2) is 0 Å². The molecule has 1 aliphatic heterocycles. The van der Waals surface area contributed by atoms with Gasteiger partial charge in [0.1, 0.15) is 0 Å². The van der Waals surface area contributed by atoms with Crippen molar-refractivity contribution < 1.29 is 0 Å². The van der Waals surface area contributed by atoms with Crippen molar-refractivity contribution >= 4 is 5.69 Å². The number of hydrogen-bond donors (Lipinski definition) is 0. The average molecular weight is 246 g/mol. The molecule has 2 nitrogen and oxygen atoms in total. The Balaban J connectivity index is 2.02. The van der Waals surface area contributed by atoms with E-state index >= 15 is 0 Å². The monoisotopic (exact) mass is 246 g/mol. The maximum atomic E-state index is 2.51. The molecule has 0 radical (unpaired) electrons. The zero-order valence-electron chi connectivity index (χ0n) is 12.2. The van der Waals surface area contributed by atoms with Crippen LogP contribution < -0.4 is 4.90 Å². The van der Waals surface area contributed by atoms with E-state index in [1.807, 2.05) is 0 Å². The van der Waals surface area contributed by atoms with Crippen LogP contribution in [0, 0.1) is 0 Å². The Labute approximate surface area is 112 Å². The largest absolute Gasteiger partial charge is 0.369 e. The van der Waals surface area contributed by atoms with Gasteiger partial charge in [0.2, 0.25) is 0 Å². The molecule has 2 rings (SSSR count). The van der Waals surface area contributed by atoms with Gasteiger partial charge < -0.3 is 9.80 Å². The van der Waals surface area contributed by atoms with Gasteiger partial charge in [-0.3, -0.25) is 0 Å². The molecule has 0 unspecified atom stereocenters. The fourth-order valence-electron chi connectivity index (χ4n) is 2.49. The highest BCUT2D eigenvalue weighted by Crippen LogP contribution is 2.25. The molecule has 100 valence electrons. The summed E-state index contributed by atoms with van der Waals surface area (Å²) in [7, 11) is 0. The summed E-state index contributed by atoms with van der Waals surface area (Å²) >= 11 is 0. The quantitative estimate of drug-likeness (QED) is 0.791. The van der Waals surface area contributed by atoms with Crippen molar-refractivity contribution in [3.05, 3.63) is 29.8 Å². The summed E-state index contributed by atoms with van der Waals surface area (Å²) in [5.74, 6) is 0. The van der Waals surface area contributed by atoms with E-state index in [1.54, 1.807) is 0 Å². The molecular formula is C16H26N2. The molecule has 1 aliphatic rings. The van der Waals surface area contributed by atoms with Gasteiger partial charge in [-0.15, -0.1) is 0 Å². The first kappa shape index (κ1) is 13.4. The van der Waals surface area contributed by atoms with E-state index in [0.29, 0.717) is 0 Å². The van der Waals surface area contributed by atoms with Crippen molar-refractivity contribution in [2.24, 2.45) is 0 Å². The van der Waals surface area contributed by atoms with E-state index < -0.39 is 0 Å². The van der Waals surface area contributed by atoms with Crippen molar-refractivity contribution in [2.75, 3.05) is 37.6 Å². The lowest BCUT2D eigenvalue weighted by molar-refractivity contribution is 0.271. The van der Waals surface area contributed by atoms with Crippen LogP contribution >= 0.6 is 0 Å². The van der Waals surface area contributed by atoms with Crippen LogP contribution in [0.3, 0.4) is 0 Å². The van der Waals surface area contributed by atoms with Gasteiger partial charge in [-0.2, -0.15) is 0 Å². The van der Waals surface area contributed by atoms with Crippen molar-refractivity contribution in [1.29, 1.82) is 0 Å². The molecule has 1 aromatic carbocycles. The van der Waals surface area contributed by atoms with E-state index in [2.05, 4.69) is 61.8 Å². The smallest absolute Gasteiger partial charge is 0.0367 e. The zero-order valence-corrected chi connectivity index (χ0v) is 12.2. The zero-order chi connectivity index (χ0) is 13.2. The summed E-state index contributed by atoms with van der Waals surface area (Å²) in [4.78, 5) is 5.01. The summed E-state index contributed by atoms with van der Waals surface area (Å²) in [5.41, 5.74) is 3.04. The molecule has 0 bridgehead atoms. The lowest BCUT2D eigenvalue weighted by Crippen LogP contribution is -2.46. The molecule has 1 heterocycles. The first-order valence-electron chi connectivity index (χ1n) is 7.08. The topological polar surface area (TPSA) is 6.48 Å². The number of piperazine rings is 1. The molecule has 1 fully saturated rings. The fourth-order valence-corrected chi connectivity index (χ4v) is 2.49. The summed E-state index contributed by atoms with van der Waals surface area (Å²) in [5, 5.41) is 0. The maximum absolute atomic E-state index is 2.51.